The molecule has 0 saturated carbocycles. The minimum Gasteiger partial charge on any atom is -0.497 e. The third-order valence-electron chi connectivity index (χ3n) is 5.71. The lowest BCUT2D eigenvalue weighted by atomic mass is 10.1. The Morgan fingerprint density at radius 1 is 0.889 bits per heavy atom. The smallest absolute Gasteiger partial charge is 0.407 e. The second-order valence-corrected chi connectivity index (χ2v) is 8.60. The molecule has 0 atom stereocenters. The highest BCUT2D eigenvalue weighted by atomic mass is 16.5. The molecular formula is C28H31N3O5. The van der Waals surface area contributed by atoms with Crippen molar-refractivity contribution in [3.05, 3.63) is 60.2 Å². The number of fused-ring (bicyclic) bond motifs is 2. The van der Waals surface area contributed by atoms with Crippen LogP contribution >= 0.6 is 0 Å². The molecule has 2 N–H and O–H groups in total. The Morgan fingerprint density at radius 2 is 1.64 bits per heavy atom. The third-order valence-corrected chi connectivity index (χ3v) is 5.71. The van der Waals surface area contributed by atoms with Crippen molar-refractivity contribution in [3.63, 3.8) is 0 Å². The van der Waals surface area contributed by atoms with Gasteiger partial charge >= 0.3 is 6.09 Å². The van der Waals surface area contributed by atoms with Gasteiger partial charge in [-0.1, -0.05) is 12.1 Å². The Labute approximate surface area is 210 Å². The highest BCUT2D eigenvalue weighted by Gasteiger charge is 2.15. The molecule has 0 fully saturated rings. The van der Waals surface area contributed by atoms with Crippen molar-refractivity contribution >= 4 is 39.3 Å². The van der Waals surface area contributed by atoms with Gasteiger partial charge in [0, 0.05) is 35.0 Å². The number of nitrogens with zero attached hydrogens (tertiary/aromatic N) is 1. The Bertz CT molecular complexity index is 1390. The van der Waals surface area contributed by atoms with Gasteiger partial charge in [-0.15, -0.1) is 0 Å². The Morgan fingerprint density at radius 3 is 2.36 bits per heavy atom. The van der Waals surface area contributed by atoms with E-state index in [1.54, 1.807) is 21.3 Å². The zero-order valence-corrected chi connectivity index (χ0v) is 21.2. The summed E-state index contributed by atoms with van der Waals surface area (Å²) in [4.78, 5) is 16.6. The molecule has 8 nitrogen and oxygen atoms in total. The minimum atomic E-state index is -0.410. The first-order chi connectivity index (χ1) is 17.4. The van der Waals surface area contributed by atoms with Gasteiger partial charge in [0.05, 0.1) is 44.7 Å². The van der Waals surface area contributed by atoms with Crippen LogP contribution in [0.25, 0.3) is 21.8 Å². The van der Waals surface area contributed by atoms with E-state index in [1.807, 2.05) is 68.4 Å². The van der Waals surface area contributed by atoms with E-state index < -0.39 is 6.09 Å². The number of rotatable bonds is 9. The number of anilines is 2. The van der Waals surface area contributed by atoms with Crippen LogP contribution in [0.1, 0.15) is 19.4 Å². The van der Waals surface area contributed by atoms with Gasteiger partial charge in [0.2, 0.25) is 0 Å². The molecule has 0 saturated heterocycles. The quantitative estimate of drug-likeness (QED) is 0.286. The summed E-state index contributed by atoms with van der Waals surface area (Å²) in [5.74, 6) is 1.96. The molecule has 0 aliphatic heterocycles. The number of alkyl carbamates (subject to hydrolysis) is 1. The van der Waals surface area contributed by atoms with Gasteiger partial charge < -0.3 is 29.6 Å². The standard InChI is InChI=1S/C28H31N3O5/c1-17(2)29-28(32)36-12-11-18-7-6-8-19(13-18)30-27-21-14-20(33-3)9-10-23(21)31-24-16-26(35-5)25(34-4)15-22(24)27/h6-10,13-17H,11-12H2,1-5H3,(H,29,32)(H,30,31). The summed E-state index contributed by atoms with van der Waals surface area (Å²) < 4.78 is 21.8. The topological polar surface area (TPSA) is 90.9 Å². The van der Waals surface area contributed by atoms with Crippen LogP contribution in [0.2, 0.25) is 0 Å². The Hall–Kier alpha value is -4.20. The van der Waals surface area contributed by atoms with Gasteiger partial charge in [0.25, 0.3) is 0 Å². The monoisotopic (exact) mass is 489 g/mol. The second kappa shape index (κ2) is 11.0. The van der Waals surface area contributed by atoms with Crippen molar-refractivity contribution in [3.8, 4) is 17.2 Å². The van der Waals surface area contributed by atoms with E-state index in [9.17, 15) is 4.79 Å². The maximum absolute atomic E-state index is 11.8. The van der Waals surface area contributed by atoms with E-state index >= 15 is 0 Å². The van der Waals surface area contributed by atoms with Crippen LogP contribution in [0, 0.1) is 0 Å². The third kappa shape index (κ3) is 5.54. The zero-order chi connectivity index (χ0) is 25.7. The first-order valence-corrected chi connectivity index (χ1v) is 11.7. The van der Waals surface area contributed by atoms with Crippen molar-refractivity contribution in [2.45, 2.75) is 26.3 Å². The number of carbonyl (C=O) groups excluding carboxylic acids is 1. The van der Waals surface area contributed by atoms with E-state index in [0.29, 0.717) is 17.9 Å². The molecule has 0 aliphatic carbocycles. The van der Waals surface area contributed by atoms with Gasteiger partial charge in [0.15, 0.2) is 11.5 Å². The first kappa shape index (κ1) is 24.9. The summed E-state index contributed by atoms with van der Waals surface area (Å²) in [5.41, 5.74) is 4.40. The lowest BCUT2D eigenvalue weighted by Gasteiger charge is -2.17. The molecule has 0 spiro atoms. The van der Waals surface area contributed by atoms with Crippen LogP contribution in [-0.4, -0.2) is 45.1 Å². The van der Waals surface area contributed by atoms with Gasteiger partial charge in [-0.25, -0.2) is 9.78 Å². The molecule has 3 aromatic carbocycles. The summed E-state index contributed by atoms with van der Waals surface area (Å²) in [6.45, 7) is 4.08. The SMILES string of the molecule is COc1ccc2nc3cc(OC)c(OC)cc3c(Nc3cccc(CCOC(=O)NC(C)C)c3)c2c1. The predicted octanol–water partition coefficient (Wildman–Crippen LogP) is 5.83. The average molecular weight is 490 g/mol. The molecule has 36 heavy (non-hydrogen) atoms. The van der Waals surface area contributed by atoms with Crippen LogP contribution in [0.5, 0.6) is 17.2 Å². The van der Waals surface area contributed by atoms with E-state index in [2.05, 4.69) is 10.6 Å². The fraction of sp³-hybridized carbons (Fsp3) is 0.286. The number of carbonyl (C=O) groups is 1. The fourth-order valence-corrected chi connectivity index (χ4v) is 4.00. The summed E-state index contributed by atoms with van der Waals surface area (Å²) in [6.07, 6.45) is 0.185. The van der Waals surface area contributed by atoms with Gasteiger partial charge in [-0.2, -0.15) is 0 Å². The number of pyridine rings is 1. The van der Waals surface area contributed by atoms with Crippen LogP contribution in [0.3, 0.4) is 0 Å². The molecule has 4 rings (SSSR count). The highest BCUT2D eigenvalue weighted by molar-refractivity contribution is 6.09. The van der Waals surface area contributed by atoms with Crippen molar-refractivity contribution < 1.29 is 23.7 Å². The zero-order valence-electron chi connectivity index (χ0n) is 21.2. The van der Waals surface area contributed by atoms with Crippen LogP contribution in [0.4, 0.5) is 16.2 Å². The van der Waals surface area contributed by atoms with Crippen LogP contribution in [-0.2, 0) is 11.2 Å². The molecule has 188 valence electrons. The van der Waals surface area contributed by atoms with Crippen molar-refractivity contribution in [2.75, 3.05) is 33.3 Å². The number of aromatic nitrogens is 1. The van der Waals surface area contributed by atoms with Gasteiger partial charge in [0.1, 0.15) is 5.75 Å². The molecule has 1 heterocycles. The normalized spacial score (nSPS) is 10.9. The Kier molecular flexibility index (Phi) is 7.63. The van der Waals surface area contributed by atoms with E-state index in [4.69, 9.17) is 23.9 Å². The molecule has 1 amide bonds. The van der Waals surface area contributed by atoms with E-state index in [1.165, 1.54) is 0 Å². The molecule has 8 heteroatoms. The first-order valence-electron chi connectivity index (χ1n) is 11.7. The van der Waals surface area contributed by atoms with Gasteiger partial charge in [-0.3, -0.25) is 0 Å². The summed E-state index contributed by atoms with van der Waals surface area (Å²) in [7, 11) is 4.86. The number of nitrogens with one attached hydrogen (secondary N) is 2. The lowest BCUT2D eigenvalue weighted by Crippen LogP contribution is -2.31. The number of amides is 1. The number of benzene rings is 3. The number of hydrogen-bond acceptors (Lipinski definition) is 7. The second-order valence-electron chi connectivity index (χ2n) is 8.60. The number of ether oxygens (including phenoxy) is 4. The molecule has 0 unspecified atom stereocenters. The van der Waals surface area contributed by atoms with Crippen LogP contribution < -0.4 is 24.8 Å². The summed E-state index contributed by atoms with van der Waals surface area (Å²) in [6, 6.07) is 17.6. The molecule has 0 radical (unpaired) electrons. The molecule has 4 aromatic rings. The van der Waals surface area contributed by atoms with E-state index in [-0.39, 0.29) is 12.6 Å². The van der Waals surface area contributed by atoms with Crippen molar-refractivity contribution in [1.82, 2.24) is 10.3 Å². The molecule has 0 bridgehead atoms. The maximum Gasteiger partial charge on any atom is 0.407 e. The largest absolute Gasteiger partial charge is 0.497 e. The predicted molar refractivity (Wildman–Crippen MR) is 142 cm³/mol. The maximum atomic E-state index is 11.8. The highest BCUT2D eigenvalue weighted by Crippen LogP contribution is 2.40. The van der Waals surface area contributed by atoms with Gasteiger partial charge in [-0.05, 0) is 55.8 Å². The molecular weight excluding hydrogens is 458 g/mol. The lowest BCUT2D eigenvalue weighted by molar-refractivity contribution is 0.145. The molecule has 1 aromatic heterocycles. The summed E-state index contributed by atoms with van der Waals surface area (Å²) in [5, 5.41) is 8.10. The number of methoxy groups -OCH3 is 3. The van der Waals surface area contributed by atoms with E-state index in [0.717, 1.165) is 44.5 Å². The Balaban J connectivity index is 1.71. The number of hydrogen-bond donors (Lipinski definition) is 2. The van der Waals surface area contributed by atoms with Crippen molar-refractivity contribution in [1.29, 1.82) is 0 Å². The summed E-state index contributed by atoms with van der Waals surface area (Å²) >= 11 is 0. The van der Waals surface area contributed by atoms with Crippen molar-refractivity contribution in [2.24, 2.45) is 0 Å². The van der Waals surface area contributed by atoms with Crippen LogP contribution in [0.15, 0.2) is 54.6 Å². The molecule has 0 aliphatic rings. The fourth-order valence-electron chi connectivity index (χ4n) is 4.00. The minimum absolute atomic E-state index is 0.0345. The average Bonchev–Trinajstić information content (AvgIpc) is 2.87.